The van der Waals surface area contributed by atoms with Crippen molar-refractivity contribution in [3.05, 3.63) is 34.1 Å². The van der Waals surface area contributed by atoms with Gasteiger partial charge in [0.25, 0.3) is 5.91 Å². The van der Waals surface area contributed by atoms with Gasteiger partial charge in [-0.25, -0.2) is 4.39 Å². The molecule has 1 amide bonds. The minimum absolute atomic E-state index is 0.0203. The van der Waals surface area contributed by atoms with Crippen molar-refractivity contribution in [2.75, 3.05) is 12.0 Å². The molecule has 6 heteroatoms. The van der Waals surface area contributed by atoms with E-state index in [0.29, 0.717) is 10.2 Å². The minimum Gasteiger partial charge on any atom is -0.349 e. The zero-order valence-corrected chi connectivity index (χ0v) is 11.9. The number of hydrogen-bond acceptors (Lipinski definition) is 2. The van der Waals surface area contributed by atoms with Crippen LogP contribution in [0.2, 0.25) is 0 Å². The van der Waals surface area contributed by atoms with Crippen LogP contribution in [0.1, 0.15) is 17.3 Å². The number of nitrogens with one attached hydrogen (secondary N) is 1. The second kappa shape index (κ2) is 6.26. The predicted molar refractivity (Wildman–Crippen MR) is 70.0 cm³/mol. The Kier molecular flexibility index (Phi) is 5.27. The fraction of sp³-hybridized carbons (Fsp3) is 0.364. The third-order valence-corrected chi connectivity index (χ3v) is 3.50. The highest BCUT2D eigenvalue weighted by Crippen LogP contribution is 2.15. The van der Waals surface area contributed by atoms with Crippen LogP contribution >= 0.6 is 15.9 Å². The summed E-state index contributed by atoms with van der Waals surface area (Å²) in [4.78, 5) is 11.7. The zero-order valence-electron chi connectivity index (χ0n) is 9.50. The Labute approximate surface area is 110 Å². The lowest BCUT2D eigenvalue weighted by Gasteiger charge is -2.12. The third kappa shape index (κ3) is 4.55. The Hall–Kier alpha value is -0.750. The maximum atomic E-state index is 13.4. The van der Waals surface area contributed by atoms with Gasteiger partial charge in [-0.05, 0) is 25.1 Å². The largest absolute Gasteiger partial charge is 0.349 e. The van der Waals surface area contributed by atoms with Crippen LogP contribution in [0.25, 0.3) is 0 Å². The summed E-state index contributed by atoms with van der Waals surface area (Å²) in [5.74, 6) is -0.723. The molecule has 0 fully saturated rings. The number of hydrogen-bond donors (Lipinski definition) is 1. The Morgan fingerprint density at radius 1 is 1.59 bits per heavy atom. The molecule has 94 valence electrons. The number of rotatable bonds is 4. The first-order valence-electron chi connectivity index (χ1n) is 4.96. The van der Waals surface area contributed by atoms with Crippen molar-refractivity contribution in [3.63, 3.8) is 0 Å². The topological polar surface area (TPSA) is 46.2 Å². The third-order valence-electron chi connectivity index (χ3n) is 2.04. The maximum Gasteiger partial charge on any atom is 0.254 e. The maximum absolute atomic E-state index is 13.4. The van der Waals surface area contributed by atoms with Gasteiger partial charge in [-0.3, -0.25) is 9.00 Å². The molecular formula is C11H13BrFNO2S. The molecule has 0 aliphatic carbocycles. The lowest BCUT2D eigenvalue weighted by Crippen LogP contribution is -2.36. The van der Waals surface area contributed by atoms with Crippen molar-refractivity contribution in [1.82, 2.24) is 5.32 Å². The Morgan fingerprint density at radius 3 is 2.82 bits per heavy atom. The summed E-state index contributed by atoms with van der Waals surface area (Å²) < 4.78 is 25.0. The number of carbonyl (C=O) groups is 1. The summed E-state index contributed by atoms with van der Waals surface area (Å²) in [5.41, 5.74) is -0.0203. The van der Waals surface area contributed by atoms with E-state index in [4.69, 9.17) is 0 Å². The molecule has 0 saturated heterocycles. The molecule has 1 rings (SSSR count). The standard InChI is InChI=1S/C11H13BrFNO2S/c1-7(6-17(2)16)14-11(15)9-5-8(12)3-4-10(9)13/h3-5,7H,6H2,1-2H3,(H,14,15). The van der Waals surface area contributed by atoms with E-state index in [9.17, 15) is 13.4 Å². The van der Waals surface area contributed by atoms with Crippen molar-refractivity contribution in [3.8, 4) is 0 Å². The summed E-state index contributed by atoms with van der Waals surface area (Å²) in [6.45, 7) is 1.73. The average Bonchev–Trinajstić information content (AvgIpc) is 2.20. The van der Waals surface area contributed by atoms with Gasteiger partial charge in [-0.2, -0.15) is 0 Å². The molecule has 2 atom stereocenters. The second-order valence-corrected chi connectivity index (χ2v) is 6.13. The van der Waals surface area contributed by atoms with Crippen LogP contribution in [0.4, 0.5) is 4.39 Å². The predicted octanol–water partition coefficient (Wildman–Crippen LogP) is 2.08. The van der Waals surface area contributed by atoms with Gasteiger partial charge in [0.2, 0.25) is 0 Å². The van der Waals surface area contributed by atoms with Crippen molar-refractivity contribution >= 4 is 32.6 Å². The summed E-state index contributed by atoms with van der Waals surface area (Å²) in [7, 11) is -0.996. The lowest BCUT2D eigenvalue weighted by molar-refractivity contribution is 0.0939. The molecule has 0 bridgehead atoms. The highest BCUT2D eigenvalue weighted by molar-refractivity contribution is 9.10. The number of amides is 1. The molecule has 0 radical (unpaired) electrons. The molecular weight excluding hydrogens is 309 g/mol. The number of carbonyl (C=O) groups excluding carboxylic acids is 1. The average molecular weight is 322 g/mol. The van der Waals surface area contributed by atoms with Gasteiger partial charge in [0.1, 0.15) is 5.82 Å². The van der Waals surface area contributed by atoms with E-state index in [1.807, 2.05) is 0 Å². The van der Waals surface area contributed by atoms with Gasteiger partial charge in [-0.1, -0.05) is 15.9 Å². The van der Waals surface area contributed by atoms with Crippen LogP contribution in [0.15, 0.2) is 22.7 Å². The first-order chi connectivity index (χ1) is 7.90. The van der Waals surface area contributed by atoms with Crippen LogP contribution < -0.4 is 5.32 Å². The zero-order chi connectivity index (χ0) is 13.0. The molecule has 0 aliphatic heterocycles. The molecule has 0 saturated carbocycles. The smallest absolute Gasteiger partial charge is 0.254 e. The molecule has 0 aliphatic rings. The van der Waals surface area contributed by atoms with Crippen LogP contribution in [-0.4, -0.2) is 28.2 Å². The van der Waals surface area contributed by atoms with E-state index in [-0.39, 0.29) is 11.6 Å². The van der Waals surface area contributed by atoms with Crippen molar-refractivity contribution in [2.24, 2.45) is 0 Å². The summed E-state index contributed by atoms with van der Waals surface area (Å²) in [5, 5.41) is 2.60. The number of halogens is 2. The molecule has 1 aromatic carbocycles. The van der Waals surface area contributed by atoms with Crippen LogP contribution in [-0.2, 0) is 10.8 Å². The van der Waals surface area contributed by atoms with Gasteiger partial charge in [0.15, 0.2) is 0 Å². The summed E-state index contributed by atoms with van der Waals surface area (Å²) in [6, 6.07) is 3.91. The van der Waals surface area contributed by atoms with E-state index in [0.717, 1.165) is 0 Å². The highest BCUT2D eigenvalue weighted by Gasteiger charge is 2.15. The summed E-state index contributed by atoms with van der Waals surface area (Å²) in [6.07, 6.45) is 1.56. The van der Waals surface area contributed by atoms with Gasteiger partial charge < -0.3 is 5.32 Å². The Bertz CT molecular complexity index is 453. The fourth-order valence-electron chi connectivity index (χ4n) is 1.37. The molecule has 0 heterocycles. The Morgan fingerprint density at radius 2 is 2.24 bits per heavy atom. The molecule has 3 nitrogen and oxygen atoms in total. The van der Waals surface area contributed by atoms with E-state index in [1.165, 1.54) is 18.2 Å². The number of benzene rings is 1. The van der Waals surface area contributed by atoms with Crippen LogP contribution in [0.5, 0.6) is 0 Å². The first-order valence-corrected chi connectivity index (χ1v) is 7.48. The van der Waals surface area contributed by atoms with Gasteiger partial charge in [-0.15, -0.1) is 0 Å². The molecule has 0 spiro atoms. The minimum atomic E-state index is -0.996. The first kappa shape index (κ1) is 14.3. The highest BCUT2D eigenvalue weighted by atomic mass is 79.9. The second-order valence-electron chi connectivity index (χ2n) is 3.74. The van der Waals surface area contributed by atoms with Crippen molar-refractivity contribution in [1.29, 1.82) is 0 Å². The SMILES string of the molecule is CC(CS(C)=O)NC(=O)c1cc(Br)ccc1F. The summed E-state index contributed by atoms with van der Waals surface area (Å²) >= 11 is 3.18. The monoisotopic (exact) mass is 321 g/mol. The molecule has 0 aromatic heterocycles. The van der Waals surface area contributed by atoms with Gasteiger partial charge in [0.05, 0.1) is 5.56 Å². The molecule has 2 unspecified atom stereocenters. The van der Waals surface area contributed by atoms with E-state index in [1.54, 1.807) is 13.2 Å². The quantitative estimate of drug-likeness (QED) is 0.923. The van der Waals surface area contributed by atoms with Crippen molar-refractivity contribution in [2.45, 2.75) is 13.0 Å². The van der Waals surface area contributed by atoms with E-state index in [2.05, 4.69) is 21.2 Å². The molecule has 1 N–H and O–H groups in total. The lowest BCUT2D eigenvalue weighted by atomic mass is 10.2. The van der Waals surface area contributed by atoms with Crippen molar-refractivity contribution < 1.29 is 13.4 Å². The van der Waals surface area contributed by atoms with Crippen LogP contribution in [0, 0.1) is 5.82 Å². The van der Waals surface area contributed by atoms with Crippen LogP contribution in [0.3, 0.4) is 0 Å². The van der Waals surface area contributed by atoms with E-state index >= 15 is 0 Å². The Balaban J connectivity index is 2.76. The molecule has 17 heavy (non-hydrogen) atoms. The normalized spacial score (nSPS) is 14.1. The fourth-order valence-corrected chi connectivity index (χ4v) is 2.52. The molecule has 1 aromatic rings. The van der Waals surface area contributed by atoms with Gasteiger partial charge >= 0.3 is 0 Å². The van der Waals surface area contributed by atoms with Gasteiger partial charge in [0, 0.05) is 33.3 Å². The van der Waals surface area contributed by atoms with E-state index < -0.39 is 22.5 Å².